The Hall–Kier alpha value is -2.38. The lowest BCUT2D eigenvalue weighted by Crippen LogP contribution is -2.41. The van der Waals surface area contributed by atoms with Crippen molar-refractivity contribution in [3.05, 3.63) is 16.6 Å². The zero-order valence-corrected chi connectivity index (χ0v) is 16.7. The molecule has 2 aromatic rings. The van der Waals surface area contributed by atoms with Gasteiger partial charge in [0.25, 0.3) is 5.56 Å². The lowest BCUT2D eigenvalue weighted by molar-refractivity contribution is -0.125. The van der Waals surface area contributed by atoms with Crippen molar-refractivity contribution in [2.75, 3.05) is 24.5 Å². The number of H-pyrrole nitrogens is 1. The van der Waals surface area contributed by atoms with Crippen LogP contribution in [0.2, 0.25) is 0 Å². The fraction of sp³-hybridized carbons (Fsp3) is 0.684. The van der Waals surface area contributed by atoms with E-state index in [0.717, 1.165) is 32.2 Å². The monoisotopic (exact) mass is 374 g/mol. The molecule has 0 atom stereocenters. The summed E-state index contributed by atoms with van der Waals surface area (Å²) in [6.07, 6.45) is 5.18. The largest absolute Gasteiger partial charge is 0.356 e. The van der Waals surface area contributed by atoms with Crippen LogP contribution in [0.4, 0.5) is 5.95 Å². The Kier molecular flexibility index (Phi) is 5.53. The maximum absolute atomic E-state index is 12.5. The molecule has 8 heteroatoms. The fourth-order valence-corrected chi connectivity index (χ4v) is 3.43. The Morgan fingerprint density at radius 2 is 2.04 bits per heavy atom. The molecule has 0 aliphatic carbocycles. The molecule has 0 aromatic carbocycles. The van der Waals surface area contributed by atoms with E-state index < -0.39 is 0 Å². The topological polar surface area (TPSA) is 95.9 Å². The second-order valence-corrected chi connectivity index (χ2v) is 8.26. The average Bonchev–Trinajstić information content (AvgIpc) is 3.07. The maximum atomic E-state index is 12.5. The van der Waals surface area contributed by atoms with E-state index in [0.29, 0.717) is 30.1 Å². The molecule has 2 N–H and O–H groups in total. The molecule has 1 amide bonds. The standard InChI is InChI=1S/C19H30N6O2/c1-5-6-9-20-16(26)13-7-10-24(11-8-13)18-22-15-14(17(27)23-18)12-21-25(15)19(2,3)4/h12-13H,5-11H2,1-4H3,(H,20,26)(H,22,23,27). The minimum absolute atomic E-state index is 0.0358. The molecule has 0 spiro atoms. The zero-order chi connectivity index (χ0) is 19.6. The smallest absolute Gasteiger partial charge is 0.263 e. The second kappa shape index (κ2) is 7.70. The highest BCUT2D eigenvalue weighted by atomic mass is 16.2. The summed E-state index contributed by atoms with van der Waals surface area (Å²) in [5.74, 6) is 0.739. The van der Waals surface area contributed by atoms with Gasteiger partial charge in [-0.2, -0.15) is 10.1 Å². The van der Waals surface area contributed by atoms with Crippen molar-refractivity contribution in [3.8, 4) is 0 Å². The van der Waals surface area contributed by atoms with Gasteiger partial charge in [-0.15, -0.1) is 0 Å². The number of hydrogen-bond donors (Lipinski definition) is 2. The molecule has 3 rings (SSSR count). The third-order valence-corrected chi connectivity index (χ3v) is 5.06. The van der Waals surface area contributed by atoms with Crippen LogP contribution < -0.4 is 15.8 Å². The van der Waals surface area contributed by atoms with E-state index in [9.17, 15) is 9.59 Å². The summed E-state index contributed by atoms with van der Waals surface area (Å²) < 4.78 is 1.79. The molecule has 0 saturated carbocycles. The molecule has 0 unspecified atom stereocenters. The molecule has 1 saturated heterocycles. The number of nitrogens with zero attached hydrogens (tertiary/aromatic N) is 4. The Morgan fingerprint density at radius 1 is 1.33 bits per heavy atom. The summed E-state index contributed by atoms with van der Waals surface area (Å²) in [5, 5.41) is 7.87. The van der Waals surface area contributed by atoms with Gasteiger partial charge >= 0.3 is 0 Å². The number of anilines is 1. The van der Waals surface area contributed by atoms with Crippen molar-refractivity contribution < 1.29 is 4.79 Å². The molecule has 1 aliphatic rings. The summed E-state index contributed by atoms with van der Waals surface area (Å²) in [6.45, 7) is 10.4. The van der Waals surface area contributed by atoms with Gasteiger partial charge in [-0.05, 0) is 40.0 Å². The van der Waals surface area contributed by atoms with Crippen LogP contribution in [0.15, 0.2) is 11.0 Å². The fourth-order valence-electron chi connectivity index (χ4n) is 3.43. The van der Waals surface area contributed by atoms with Gasteiger partial charge < -0.3 is 10.2 Å². The molecule has 148 valence electrons. The first kappa shape index (κ1) is 19.4. The van der Waals surface area contributed by atoms with E-state index >= 15 is 0 Å². The predicted octanol–water partition coefficient (Wildman–Crippen LogP) is 2.01. The quantitative estimate of drug-likeness (QED) is 0.781. The molecule has 1 fully saturated rings. The molecule has 2 aromatic heterocycles. The van der Waals surface area contributed by atoms with Crippen molar-refractivity contribution >= 4 is 22.9 Å². The molecule has 8 nitrogen and oxygen atoms in total. The second-order valence-electron chi connectivity index (χ2n) is 8.26. The number of nitrogens with one attached hydrogen (secondary N) is 2. The molecule has 3 heterocycles. The van der Waals surface area contributed by atoms with E-state index in [4.69, 9.17) is 0 Å². The van der Waals surface area contributed by atoms with E-state index in [1.165, 1.54) is 0 Å². The van der Waals surface area contributed by atoms with Crippen LogP contribution in [0.5, 0.6) is 0 Å². The molecule has 27 heavy (non-hydrogen) atoms. The normalized spacial score (nSPS) is 16.1. The Bertz CT molecular complexity index is 855. The maximum Gasteiger partial charge on any atom is 0.263 e. The van der Waals surface area contributed by atoms with Gasteiger partial charge in [0.2, 0.25) is 11.9 Å². The van der Waals surface area contributed by atoms with Crippen molar-refractivity contribution in [2.24, 2.45) is 5.92 Å². The summed E-state index contributed by atoms with van der Waals surface area (Å²) in [7, 11) is 0. The van der Waals surface area contributed by atoms with Gasteiger partial charge in [0.1, 0.15) is 5.39 Å². The number of piperidine rings is 1. The Balaban J connectivity index is 1.74. The Labute approximate surface area is 159 Å². The SMILES string of the molecule is CCCCNC(=O)C1CCN(c2nc3c(cnn3C(C)(C)C)c(=O)[nH]2)CC1. The van der Waals surface area contributed by atoms with Crippen LogP contribution >= 0.6 is 0 Å². The number of aromatic amines is 1. The summed E-state index contributed by atoms with van der Waals surface area (Å²) in [5.41, 5.74) is 0.161. The van der Waals surface area contributed by atoms with Gasteiger partial charge in [0.15, 0.2) is 5.65 Å². The first-order valence-electron chi connectivity index (χ1n) is 9.82. The van der Waals surface area contributed by atoms with Crippen molar-refractivity contribution in [3.63, 3.8) is 0 Å². The third-order valence-electron chi connectivity index (χ3n) is 5.06. The van der Waals surface area contributed by atoms with Crippen molar-refractivity contribution in [1.82, 2.24) is 25.1 Å². The number of fused-ring (bicyclic) bond motifs is 1. The van der Waals surface area contributed by atoms with Gasteiger partial charge in [0, 0.05) is 25.6 Å². The number of unbranched alkanes of at least 4 members (excludes halogenated alkanes) is 1. The number of hydrogen-bond acceptors (Lipinski definition) is 5. The van der Waals surface area contributed by atoms with Gasteiger partial charge in [-0.3, -0.25) is 14.6 Å². The van der Waals surface area contributed by atoms with Crippen LogP contribution in [0, 0.1) is 5.92 Å². The highest BCUT2D eigenvalue weighted by Crippen LogP contribution is 2.23. The first-order valence-corrected chi connectivity index (χ1v) is 9.82. The molecule has 0 bridgehead atoms. The number of carbonyl (C=O) groups excluding carboxylic acids is 1. The van der Waals surface area contributed by atoms with Gasteiger partial charge in [-0.1, -0.05) is 13.3 Å². The molecule has 0 radical (unpaired) electrons. The van der Waals surface area contributed by atoms with Gasteiger partial charge in [-0.25, -0.2) is 4.68 Å². The summed E-state index contributed by atoms with van der Waals surface area (Å²) >= 11 is 0. The number of carbonyl (C=O) groups is 1. The van der Waals surface area contributed by atoms with Crippen molar-refractivity contribution in [2.45, 2.75) is 58.9 Å². The summed E-state index contributed by atoms with van der Waals surface area (Å²) in [4.78, 5) is 34.3. The highest BCUT2D eigenvalue weighted by Gasteiger charge is 2.27. The first-order chi connectivity index (χ1) is 12.8. The van der Waals surface area contributed by atoms with Crippen LogP contribution in [0.25, 0.3) is 11.0 Å². The predicted molar refractivity (Wildman–Crippen MR) is 106 cm³/mol. The minimum Gasteiger partial charge on any atom is -0.356 e. The van der Waals surface area contributed by atoms with Gasteiger partial charge in [0.05, 0.1) is 11.7 Å². The van der Waals surface area contributed by atoms with Crippen molar-refractivity contribution in [1.29, 1.82) is 0 Å². The highest BCUT2D eigenvalue weighted by molar-refractivity contribution is 5.79. The number of aromatic nitrogens is 4. The minimum atomic E-state index is -0.261. The Morgan fingerprint density at radius 3 is 2.67 bits per heavy atom. The van der Waals surface area contributed by atoms with Crippen LogP contribution in [0.1, 0.15) is 53.4 Å². The third kappa shape index (κ3) is 4.14. The van der Waals surface area contributed by atoms with E-state index in [-0.39, 0.29) is 22.9 Å². The molecule has 1 aliphatic heterocycles. The lowest BCUT2D eigenvalue weighted by Gasteiger charge is -2.31. The molecular weight excluding hydrogens is 344 g/mol. The van der Waals surface area contributed by atoms with Crippen LogP contribution in [0.3, 0.4) is 0 Å². The zero-order valence-electron chi connectivity index (χ0n) is 16.7. The summed E-state index contributed by atoms with van der Waals surface area (Å²) in [6, 6.07) is 0. The van der Waals surface area contributed by atoms with Crippen LogP contribution in [-0.4, -0.2) is 45.3 Å². The van der Waals surface area contributed by atoms with E-state index in [2.05, 4.69) is 32.2 Å². The number of rotatable bonds is 5. The molecular formula is C19H30N6O2. The number of amides is 1. The van der Waals surface area contributed by atoms with E-state index in [1.54, 1.807) is 10.9 Å². The van der Waals surface area contributed by atoms with E-state index in [1.807, 2.05) is 20.8 Å². The van der Waals surface area contributed by atoms with Crippen LogP contribution in [-0.2, 0) is 10.3 Å². The average molecular weight is 374 g/mol. The lowest BCUT2D eigenvalue weighted by atomic mass is 9.96.